The number of hydrogen-bond acceptors (Lipinski definition) is 5. The van der Waals surface area contributed by atoms with Gasteiger partial charge in [0.1, 0.15) is 5.65 Å². The van der Waals surface area contributed by atoms with Crippen LogP contribution in [0.2, 0.25) is 0 Å². The minimum atomic E-state index is -3.83. The van der Waals surface area contributed by atoms with Gasteiger partial charge in [-0.15, -0.1) is 0 Å². The Labute approximate surface area is 181 Å². The molecule has 0 saturated carbocycles. The van der Waals surface area contributed by atoms with Gasteiger partial charge in [-0.05, 0) is 42.7 Å². The van der Waals surface area contributed by atoms with Gasteiger partial charge < -0.3 is 9.47 Å². The number of benzene rings is 1. The highest BCUT2D eigenvalue weighted by Crippen LogP contribution is 2.40. The quantitative estimate of drug-likeness (QED) is 0.531. The predicted molar refractivity (Wildman–Crippen MR) is 122 cm³/mol. The van der Waals surface area contributed by atoms with Crippen LogP contribution in [0.25, 0.3) is 22.2 Å². The van der Waals surface area contributed by atoms with E-state index in [0.717, 1.165) is 40.8 Å². The summed E-state index contributed by atoms with van der Waals surface area (Å²) in [4.78, 5) is 6.79. The van der Waals surface area contributed by atoms with Crippen LogP contribution in [0.3, 0.4) is 0 Å². The molecule has 0 saturated heterocycles. The zero-order valence-electron chi connectivity index (χ0n) is 17.9. The summed E-state index contributed by atoms with van der Waals surface area (Å²) < 4.78 is 32.2. The second-order valence-corrected chi connectivity index (χ2v) is 9.65. The first-order valence-corrected chi connectivity index (χ1v) is 11.6. The topological polar surface area (TPSA) is 85.1 Å². The van der Waals surface area contributed by atoms with E-state index < -0.39 is 10.0 Å². The van der Waals surface area contributed by atoms with Gasteiger partial charge in [-0.3, -0.25) is 9.40 Å². The lowest BCUT2D eigenvalue weighted by Crippen LogP contribution is -2.14. The normalized spacial score (nSPS) is 13.7. The molecule has 1 aliphatic heterocycles. The van der Waals surface area contributed by atoms with Crippen LogP contribution in [0.4, 0.5) is 11.4 Å². The average Bonchev–Trinajstić information content (AvgIpc) is 3.41. The zero-order chi connectivity index (χ0) is 21.9. The van der Waals surface area contributed by atoms with E-state index >= 15 is 0 Å². The Hall–Kier alpha value is -3.33. The molecular weight excluding hydrogens is 412 g/mol. The summed E-state index contributed by atoms with van der Waals surface area (Å²) in [6, 6.07) is 9.65. The molecule has 160 valence electrons. The molecule has 3 aromatic heterocycles. The van der Waals surface area contributed by atoms with Crippen molar-refractivity contribution in [2.24, 2.45) is 14.1 Å². The van der Waals surface area contributed by atoms with Gasteiger partial charge in [0.15, 0.2) is 5.03 Å². The maximum atomic E-state index is 13.0. The van der Waals surface area contributed by atoms with E-state index in [4.69, 9.17) is 0 Å². The fourth-order valence-corrected chi connectivity index (χ4v) is 5.37. The lowest BCUT2D eigenvalue weighted by Gasteiger charge is -2.14. The molecule has 1 aromatic carbocycles. The molecule has 1 aliphatic rings. The molecule has 31 heavy (non-hydrogen) atoms. The molecule has 4 heterocycles. The summed E-state index contributed by atoms with van der Waals surface area (Å²) >= 11 is 0. The number of likely N-dealkylation sites (N-methyl/N-ethyl adjacent to an activating group) is 1. The molecule has 0 unspecified atom stereocenters. The molecule has 0 aliphatic carbocycles. The van der Waals surface area contributed by atoms with Crippen molar-refractivity contribution in [3.63, 3.8) is 0 Å². The Kier molecular flexibility index (Phi) is 4.33. The summed E-state index contributed by atoms with van der Waals surface area (Å²) in [5.74, 6) is 0. The van der Waals surface area contributed by atoms with E-state index in [0.29, 0.717) is 5.69 Å². The fourth-order valence-electron chi connectivity index (χ4n) is 4.33. The number of pyridine rings is 1. The first-order valence-electron chi connectivity index (χ1n) is 10.1. The monoisotopic (exact) mass is 436 g/mol. The lowest BCUT2D eigenvalue weighted by atomic mass is 9.99. The van der Waals surface area contributed by atoms with Gasteiger partial charge in [0.05, 0.1) is 11.1 Å². The Morgan fingerprint density at radius 2 is 1.90 bits per heavy atom. The first-order chi connectivity index (χ1) is 14.8. The van der Waals surface area contributed by atoms with E-state index in [2.05, 4.69) is 45.0 Å². The van der Waals surface area contributed by atoms with Gasteiger partial charge in [-0.25, -0.2) is 4.98 Å². The summed E-state index contributed by atoms with van der Waals surface area (Å²) in [6.07, 6.45) is 4.27. The second-order valence-electron chi connectivity index (χ2n) is 8.02. The maximum Gasteiger partial charge on any atom is 0.281 e. The van der Waals surface area contributed by atoms with Crippen LogP contribution >= 0.6 is 0 Å². The number of nitrogens with zero attached hydrogens (tertiary/aromatic N) is 5. The van der Waals surface area contributed by atoms with Crippen LogP contribution in [0.15, 0.2) is 47.8 Å². The van der Waals surface area contributed by atoms with Crippen LogP contribution in [0.1, 0.15) is 11.3 Å². The maximum absolute atomic E-state index is 13.0. The first kappa shape index (κ1) is 19.6. The number of aryl methyl sites for hydroxylation is 2. The van der Waals surface area contributed by atoms with Gasteiger partial charge in [-0.1, -0.05) is 12.1 Å². The molecule has 5 rings (SSSR count). The van der Waals surface area contributed by atoms with Crippen molar-refractivity contribution in [3.8, 4) is 11.1 Å². The lowest BCUT2D eigenvalue weighted by molar-refractivity contribution is 0.593. The molecular formula is C22H24N6O2S. The number of sulfonamides is 1. The van der Waals surface area contributed by atoms with Gasteiger partial charge in [-0.2, -0.15) is 13.5 Å². The molecule has 0 spiro atoms. The van der Waals surface area contributed by atoms with Gasteiger partial charge in [0.2, 0.25) is 0 Å². The van der Waals surface area contributed by atoms with E-state index in [-0.39, 0.29) is 5.03 Å². The highest BCUT2D eigenvalue weighted by atomic mass is 32.2. The molecule has 4 aromatic rings. The Bertz CT molecular complexity index is 1430. The van der Waals surface area contributed by atoms with Crippen molar-refractivity contribution in [1.29, 1.82) is 0 Å². The van der Waals surface area contributed by atoms with Crippen molar-refractivity contribution in [2.45, 2.75) is 18.4 Å². The minimum Gasteiger partial charge on any atom is -0.374 e. The van der Waals surface area contributed by atoms with Gasteiger partial charge in [0.25, 0.3) is 10.0 Å². The Morgan fingerprint density at radius 1 is 1.10 bits per heavy atom. The number of fused-ring (bicyclic) bond motifs is 2. The van der Waals surface area contributed by atoms with Crippen molar-refractivity contribution in [1.82, 2.24) is 19.3 Å². The summed E-state index contributed by atoms with van der Waals surface area (Å²) in [5.41, 5.74) is 6.81. The molecule has 0 fully saturated rings. The van der Waals surface area contributed by atoms with E-state index in [1.165, 1.54) is 22.0 Å². The van der Waals surface area contributed by atoms with Crippen LogP contribution in [0.5, 0.6) is 0 Å². The van der Waals surface area contributed by atoms with E-state index in [1.54, 1.807) is 25.5 Å². The van der Waals surface area contributed by atoms with Crippen molar-refractivity contribution < 1.29 is 8.42 Å². The largest absolute Gasteiger partial charge is 0.374 e. The Morgan fingerprint density at radius 3 is 2.65 bits per heavy atom. The second kappa shape index (κ2) is 6.84. The fraction of sp³-hybridized carbons (Fsp3) is 0.273. The third-order valence-electron chi connectivity index (χ3n) is 6.07. The van der Waals surface area contributed by atoms with E-state index in [1.807, 2.05) is 18.5 Å². The summed E-state index contributed by atoms with van der Waals surface area (Å²) in [5, 5.41) is 4.81. The molecule has 8 nitrogen and oxygen atoms in total. The standard InChI is InChI=1S/C22H24N6O2S/c1-14-20(16-6-5-15-8-11-26(2)18(15)13-16)21-17(7-10-23-22(21)28(14)4)25-31(29,30)19-9-12-27(3)24-19/h5-7,9-10,12-13H,8,11H2,1-4H3,(H,23,25). The summed E-state index contributed by atoms with van der Waals surface area (Å²) in [7, 11) is 1.90. The average molecular weight is 437 g/mol. The van der Waals surface area contributed by atoms with Crippen molar-refractivity contribution in [2.75, 3.05) is 23.2 Å². The minimum absolute atomic E-state index is 0.0201. The molecule has 0 atom stereocenters. The van der Waals surface area contributed by atoms with Crippen LogP contribution in [-0.4, -0.2) is 41.3 Å². The van der Waals surface area contributed by atoms with Gasteiger partial charge in [0, 0.05) is 57.0 Å². The summed E-state index contributed by atoms with van der Waals surface area (Å²) in [6.45, 7) is 3.04. The van der Waals surface area contributed by atoms with Crippen LogP contribution in [0, 0.1) is 6.92 Å². The SMILES string of the molecule is Cc1c(-c2ccc3c(c2)N(C)CC3)c2c(NS(=O)(=O)c3ccn(C)n3)ccnc2n1C. The number of aromatic nitrogens is 4. The molecule has 0 radical (unpaired) electrons. The van der Waals surface area contributed by atoms with Crippen LogP contribution < -0.4 is 9.62 Å². The van der Waals surface area contributed by atoms with E-state index in [9.17, 15) is 8.42 Å². The van der Waals surface area contributed by atoms with Crippen molar-refractivity contribution >= 4 is 32.4 Å². The molecule has 0 amide bonds. The Balaban J connectivity index is 1.70. The van der Waals surface area contributed by atoms with Crippen LogP contribution in [-0.2, 0) is 30.5 Å². The van der Waals surface area contributed by atoms with Crippen molar-refractivity contribution in [3.05, 3.63) is 54.0 Å². The highest BCUT2D eigenvalue weighted by molar-refractivity contribution is 7.92. The third kappa shape index (κ3) is 3.07. The number of hydrogen-bond donors (Lipinski definition) is 1. The number of rotatable bonds is 4. The molecule has 1 N–H and O–H groups in total. The zero-order valence-corrected chi connectivity index (χ0v) is 18.7. The third-order valence-corrected chi connectivity index (χ3v) is 7.33. The number of nitrogens with one attached hydrogen (secondary N) is 1. The predicted octanol–water partition coefficient (Wildman–Crippen LogP) is 3.08. The highest BCUT2D eigenvalue weighted by Gasteiger charge is 2.24. The molecule has 9 heteroatoms. The number of anilines is 2. The smallest absolute Gasteiger partial charge is 0.281 e. The van der Waals surface area contributed by atoms with Gasteiger partial charge >= 0.3 is 0 Å². The molecule has 0 bridgehead atoms.